The molecule has 0 unspecified atom stereocenters. The first-order valence-electron chi connectivity index (χ1n) is 5.90. The number of amides is 1. The molecule has 1 aromatic carbocycles. The zero-order valence-corrected chi connectivity index (χ0v) is 11.2. The standard InChI is InChI=1S/C13H14FNO6/c1-20-12(17)6-9(13(18)19)15-11(16)7-21-10-5-3-2-4-8(10)14/h2-5,9H,6-7H2,1H3,(H,15,16)(H,18,19)/t9-/m0/s1. The van der Waals surface area contributed by atoms with Gasteiger partial charge < -0.3 is 19.9 Å². The molecule has 0 aromatic heterocycles. The van der Waals surface area contributed by atoms with Crippen LogP contribution in [0, 0.1) is 5.82 Å². The Morgan fingerprint density at radius 3 is 2.57 bits per heavy atom. The summed E-state index contributed by atoms with van der Waals surface area (Å²) in [6.45, 7) is -0.577. The van der Waals surface area contributed by atoms with Crippen molar-refractivity contribution >= 4 is 17.8 Å². The summed E-state index contributed by atoms with van der Waals surface area (Å²) in [6, 6.07) is 4.03. The third-order valence-electron chi connectivity index (χ3n) is 2.43. The Balaban J connectivity index is 2.53. The number of benzene rings is 1. The average molecular weight is 299 g/mol. The lowest BCUT2D eigenvalue weighted by molar-refractivity contribution is -0.148. The third-order valence-corrected chi connectivity index (χ3v) is 2.43. The van der Waals surface area contributed by atoms with Gasteiger partial charge in [-0.05, 0) is 12.1 Å². The van der Waals surface area contributed by atoms with Gasteiger partial charge in [0.2, 0.25) is 0 Å². The van der Waals surface area contributed by atoms with Gasteiger partial charge in [0, 0.05) is 0 Å². The minimum atomic E-state index is -1.44. The molecule has 0 aliphatic rings. The molecule has 7 nitrogen and oxygen atoms in total. The van der Waals surface area contributed by atoms with Crippen molar-refractivity contribution in [2.75, 3.05) is 13.7 Å². The number of nitrogens with one attached hydrogen (secondary N) is 1. The van der Waals surface area contributed by atoms with Gasteiger partial charge in [0.1, 0.15) is 6.04 Å². The number of halogens is 1. The fraction of sp³-hybridized carbons (Fsp3) is 0.308. The van der Waals surface area contributed by atoms with E-state index in [1.807, 2.05) is 0 Å². The molecule has 0 radical (unpaired) electrons. The van der Waals surface area contributed by atoms with E-state index < -0.39 is 42.7 Å². The molecule has 0 heterocycles. The molecular weight excluding hydrogens is 285 g/mol. The molecule has 0 bridgehead atoms. The van der Waals surface area contributed by atoms with Crippen LogP contribution in [0.15, 0.2) is 24.3 Å². The Bertz CT molecular complexity index is 533. The summed E-state index contributed by atoms with van der Waals surface area (Å²) in [5.74, 6) is -3.74. The minimum Gasteiger partial charge on any atom is -0.481 e. The number of rotatable bonds is 7. The van der Waals surface area contributed by atoms with Gasteiger partial charge in [-0.3, -0.25) is 9.59 Å². The Morgan fingerprint density at radius 2 is 2.00 bits per heavy atom. The topological polar surface area (TPSA) is 102 Å². The van der Waals surface area contributed by atoms with Gasteiger partial charge >= 0.3 is 11.9 Å². The number of carbonyl (C=O) groups excluding carboxylic acids is 2. The summed E-state index contributed by atoms with van der Waals surface area (Å²) in [6.07, 6.45) is -0.517. The maximum absolute atomic E-state index is 13.2. The van der Waals surface area contributed by atoms with Crippen molar-refractivity contribution in [2.24, 2.45) is 0 Å². The van der Waals surface area contributed by atoms with E-state index in [9.17, 15) is 18.8 Å². The molecular formula is C13H14FNO6. The van der Waals surface area contributed by atoms with Crippen LogP contribution in [0.25, 0.3) is 0 Å². The van der Waals surface area contributed by atoms with Crippen LogP contribution < -0.4 is 10.1 Å². The van der Waals surface area contributed by atoms with Gasteiger partial charge in [-0.25, -0.2) is 9.18 Å². The van der Waals surface area contributed by atoms with Crippen LogP contribution in [0.3, 0.4) is 0 Å². The molecule has 0 saturated heterocycles. The summed E-state index contributed by atoms with van der Waals surface area (Å²) in [5.41, 5.74) is 0. The second-order valence-corrected chi connectivity index (χ2v) is 3.96. The average Bonchev–Trinajstić information content (AvgIpc) is 2.45. The monoisotopic (exact) mass is 299 g/mol. The number of carboxylic acid groups (broad SMARTS) is 1. The van der Waals surface area contributed by atoms with Crippen molar-refractivity contribution in [3.63, 3.8) is 0 Å². The third kappa shape index (κ3) is 5.47. The van der Waals surface area contributed by atoms with Gasteiger partial charge in [0.05, 0.1) is 13.5 Å². The molecule has 0 aliphatic heterocycles. The summed E-state index contributed by atoms with van der Waals surface area (Å²) < 4.78 is 22.5. The lowest BCUT2D eigenvalue weighted by Gasteiger charge is -2.13. The Morgan fingerprint density at radius 1 is 1.33 bits per heavy atom. The number of para-hydroxylation sites is 1. The molecule has 0 fully saturated rings. The first kappa shape index (κ1) is 16.4. The first-order chi connectivity index (χ1) is 9.93. The highest BCUT2D eigenvalue weighted by Gasteiger charge is 2.23. The highest BCUT2D eigenvalue weighted by molar-refractivity contribution is 5.87. The Labute approximate surface area is 119 Å². The van der Waals surface area contributed by atoms with E-state index in [2.05, 4.69) is 10.1 Å². The van der Waals surface area contributed by atoms with Gasteiger partial charge in [0.25, 0.3) is 5.91 Å². The SMILES string of the molecule is COC(=O)C[C@H](NC(=O)COc1ccccc1F)C(=O)O. The van der Waals surface area contributed by atoms with Crippen LogP contribution in [-0.4, -0.2) is 42.7 Å². The number of hydrogen-bond donors (Lipinski definition) is 2. The van der Waals surface area contributed by atoms with Crippen molar-refractivity contribution in [1.82, 2.24) is 5.32 Å². The lowest BCUT2D eigenvalue weighted by Crippen LogP contribution is -2.44. The van der Waals surface area contributed by atoms with Crippen LogP contribution in [0.4, 0.5) is 4.39 Å². The number of carbonyl (C=O) groups is 3. The van der Waals surface area contributed by atoms with Crippen molar-refractivity contribution < 1.29 is 33.4 Å². The lowest BCUT2D eigenvalue weighted by atomic mass is 10.2. The number of aliphatic carboxylic acids is 1. The number of carboxylic acids is 1. The zero-order valence-electron chi connectivity index (χ0n) is 11.2. The molecule has 114 valence electrons. The Hall–Kier alpha value is -2.64. The van der Waals surface area contributed by atoms with Crippen LogP contribution >= 0.6 is 0 Å². The highest BCUT2D eigenvalue weighted by Crippen LogP contribution is 2.14. The largest absolute Gasteiger partial charge is 0.481 e. The van der Waals surface area contributed by atoms with Crippen molar-refractivity contribution in [2.45, 2.75) is 12.5 Å². The molecule has 1 rings (SSSR count). The number of ether oxygens (including phenoxy) is 2. The molecule has 0 spiro atoms. The summed E-state index contributed by atoms with van der Waals surface area (Å²) >= 11 is 0. The summed E-state index contributed by atoms with van der Waals surface area (Å²) in [5, 5.41) is 11.0. The van der Waals surface area contributed by atoms with Crippen LogP contribution in [0.1, 0.15) is 6.42 Å². The van der Waals surface area contributed by atoms with Gasteiger partial charge in [-0.2, -0.15) is 0 Å². The number of esters is 1. The normalized spacial score (nSPS) is 11.3. The second-order valence-electron chi connectivity index (χ2n) is 3.96. The molecule has 1 aromatic rings. The van der Waals surface area contributed by atoms with E-state index in [0.29, 0.717) is 0 Å². The molecule has 1 atom stereocenters. The zero-order chi connectivity index (χ0) is 15.8. The number of methoxy groups -OCH3 is 1. The molecule has 1 amide bonds. The van der Waals surface area contributed by atoms with Crippen molar-refractivity contribution in [3.05, 3.63) is 30.1 Å². The van der Waals surface area contributed by atoms with E-state index in [1.165, 1.54) is 18.2 Å². The molecule has 0 aliphatic carbocycles. The van der Waals surface area contributed by atoms with Gasteiger partial charge in [-0.15, -0.1) is 0 Å². The molecule has 0 saturated carbocycles. The fourth-order valence-corrected chi connectivity index (χ4v) is 1.39. The predicted octanol–water partition coefficient (Wildman–Crippen LogP) is 0.337. The maximum Gasteiger partial charge on any atom is 0.326 e. The smallest absolute Gasteiger partial charge is 0.326 e. The van der Waals surface area contributed by atoms with E-state index in [0.717, 1.165) is 13.2 Å². The summed E-state index contributed by atoms with van der Waals surface area (Å²) in [7, 11) is 1.10. The number of hydrogen-bond acceptors (Lipinski definition) is 5. The van der Waals surface area contributed by atoms with E-state index in [1.54, 1.807) is 0 Å². The maximum atomic E-state index is 13.2. The molecule has 21 heavy (non-hydrogen) atoms. The first-order valence-corrected chi connectivity index (χ1v) is 5.90. The minimum absolute atomic E-state index is 0.132. The van der Waals surface area contributed by atoms with Crippen molar-refractivity contribution in [3.8, 4) is 5.75 Å². The van der Waals surface area contributed by atoms with Gasteiger partial charge in [0.15, 0.2) is 18.2 Å². The van der Waals surface area contributed by atoms with Crippen LogP contribution in [0.5, 0.6) is 5.75 Å². The van der Waals surface area contributed by atoms with E-state index >= 15 is 0 Å². The Kier molecular flexibility index (Phi) is 6.12. The van der Waals surface area contributed by atoms with Crippen LogP contribution in [0.2, 0.25) is 0 Å². The summed E-state index contributed by atoms with van der Waals surface area (Å²) in [4.78, 5) is 33.4. The van der Waals surface area contributed by atoms with Crippen LogP contribution in [-0.2, 0) is 19.1 Å². The van der Waals surface area contributed by atoms with Gasteiger partial charge in [-0.1, -0.05) is 12.1 Å². The highest BCUT2D eigenvalue weighted by atomic mass is 19.1. The molecule has 8 heteroatoms. The van der Waals surface area contributed by atoms with E-state index in [-0.39, 0.29) is 5.75 Å². The fourth-order valence-electron chi connectivity index (χ4n) is 1.39. The molecule has 2 N–H and O–H groups in total. The van der Waals surface area contributed by atoms with E-state index in [4.69, 9.17) is 9.84 Å². The predicted molar refractivity (Wildman–Crippen MR) is 68.1 cm³/mol. The second kappa shape index (κ2) is 7.83. The van der Waals surface area contributed by atoms with Crippen molar-refractivity contribution in [1.29, 1.82) is 0 Å². The quantitative estimate of drug-likeness (QED) is 0.704.